The van der Waals surface area contributed by atoms with Crippen molar-refractivity contribution in [2.45, 2.75) is 6.54 Å². The Balaban J connectivity index is 1.38. The summed E-state index contributed by atoms with van der Waals surface area (Å²) in [6.07, 6.45) is 0. The molecule has 1 amide bonds. The van der Waals surface area contributed by atoms with E-state index < -0.39 is 28.8 Å². The molecule has 1 saturated heterocycles. The number of nitrogen functional groups attached to an aromatic ring is 1. The fourth-order valence-electron chi connectivity index (χ4n) is 4.50. The van der Waals surface area contributed by atoms with Crippen LogP contribution in [0.3, 0.4) is 0 Å². The third-order valence-electron chi connectivity index (χ3n) is 6.40. The Labute approximate surface area is 204 Å². The minimum atomic E-state index is -0.822. The van der Waals surface area contributed by atoms with E-state index >= 15 is 0 Å². The predicted octanol–water partition coefficient (Wildman–Crippen LogP) is 2.56. The Hall–Kier alpha value is -4.47. The van der Waals surface area contributed by atoms with Gasteiger partial charge >= 0.3 is 5.69 Å². The van der Waals surface area contributed by atoms with Crippen LogP contribution in [0.5, 0.6) is 0 Å². The Morgan fingerprint density at radius 2 is 1.64 bits per heavy atom. The molecule has 1 aliphatic heterocycles. The minimum absolute atomic E-state index is 0.0823. The average Bonchev–Trinajstić information content (AvgIpc) is 2.87. The van der Waals surface area contributed by atoms with Crippen molar-refractivity contribution < 1.29 is 13.6 Å². The Morgan fingerprint density at radius 3 is 2.36 bits per heavy atom. The highest BCUT2D eigenvalue weighted by Gasteiger charge is 2.25. The summed E-state index contributed by atoms with van der Waals surface area (Å²) in [5, 5.41) is -0.241. The lowest BCUT2D eigenvalue weighted by Gasteiger charge is -2.36. The van der Waals surface area contributed by atoms with Crippen LogP contribution in [0.2, 0.25) is 0 Å². The number of halogens is 2. The first-order valence-corrected chi connectivity index (χ1v) is 11.4. The highest BCUT2D eigenvalue weighted by atomic mass is 19.1. The molecule has 0 atom stereocenters. The number of amides is 1. The van der Waals surface area contributed by atoms with Crippen LogP contribution < -0.4 is 21.9 Å². The number of hydrogen-bond acceptors (Lipinski definition) is 5. The molecule has 0 bridgehead atoms. The maximum Gasteiger partial charge on any atom is 0.329 e. The molecule has 0 aliphatic carbocycles. The van der Waals surface area contributed by atoms with Crippen molar-refractivity contribution in [3.05, 3.63) is 104 Å². The second-order valence-corrected chi connectivity index (χ2v) is 8.66. The third kappa shape index (κ3) is 4.33. The number of rotatable bonds is 4. The van der Waals surface area contributed by atoms with Gasteiger partial charge in [-0.25, -0.2) is 13.6 Å². The molecule has 5 rings (SSSR count). The maximum absolute atomic E-state index is 14.7. The van der Waals surface area contributed by atoms with Crippen molar-refractivity contribution in [3.63, 3.8) is 0 Å². The molecule has 184 valence electrons. The number of carbonyl (C=O) groups is 1. The normalized spacial score (nSPS) is 13.8. The van der Waals surface area contributed by atoms with Crippen LogP contribution in [0.15, 0.2) is 70.3 Å². The zero-order valence-corrected chi connectivity index (χ0v) is 19.2. The van der Waals surface area contributed by atoms with Gasteiger partial charge in [-0.1, -0.05) is 12.1 Å². The molecule has 0 unspecified atom stereocenters. The first-order chi connectivity index (χ1) is 17.3. The lowest BCUT2D eigenvalue weighted by molar-refractivity contribution is 0.0742. The van der Waals surface area contributed by atoms with Crippen LogP contribution >= 0.6 is 0 Å². The number of anilines is 2. The molecule has 1 aliphatic rings. The average molecular weight is 491 g/mol. The first-order valence-electron chi connectivity index (χ1n) is 11.4. The molecule has 4 aromatic rings. The van der Waals surface area contributed by atoms with Crippen molar-refractivity contribution in [2.75, 3.05) is 36.8 Å². The van der Waals surface area contributed by atoms with E-state index in [9.17, 15) is 23.2 Å². The Morgan fingerprint density at radius 1 is 0.917 bits per heavy atom. The van der Waals surface area contributed by atoms with E-state index in [0.717, 1.165) is 11.8 Å². The summed E-state index contributed by atoms with van der Waals surface area (Å²) in [7, 11) is 0. The predicted molar refractivity (Wildman–Crippen MR) is 133 cm³/mol. The van der Waals surface area contributed by atoms with E-state index in [0.29, 0.717) is 37.4 Å². The van der Waals surface area contributed by atoms with Gasteiger partial charge in [0, 0.05) is 37.6 Å². The minimum Gasteiger partial charge on any atom is -0.399 e. The molecule has 36 heavy (non-hydrogen) atoms. The summed E-state index contributed by atoms with van der Waals surface area (Å²) in [6.45, 7) is 1.91. The van der Waals surface area contributed by atoms with Crippen LogP contribution in [-0.4, -0.2) is 46.5 Å². The molecule has 0 saturated carbocycles. The standard InChI is InChI=1S/C26H23F2N5O3/c27-20-9-4-16(15-33-22-3-1-2-21(28)23(22)24(34)30-26(33)36)14-19(20)25(35)32-12-10-31(11-13-32)18-7-5-17(29)6-8-18/h1-9,14H,10-13,15,29H2,(H,30,34,36). The number of nitrogens with zero attached hydrogens (tertiary/aromatic N) is 3. The number of aromatic nitrogens is 2. The van der Waals surface area contributed by atoms with E-state index in [1.165, 1.54) is 34.9 Å². The van der Waals surface area contributed by atoms with Gasteiger partial charge in [0.15, 0.2) is 0 Å². The monoisotopic (exact) mass is 491 g/mol. The van der Waals surface area contributed by atoms with Crippen LogP contribution in [0.25, 0.3) is 10.9 Å². The van der Waals surface area contributed by atoms with Gasteiger partial charge < -0.3 is 15.5 Å². The SMILES string of the molecule is Nc1ccc(N2CCN(C(=O)c3cc(Cn4c(=O)[nH]c(=O)c5c(F)cccc54)ccc3F)CC2)cc1. The van der Waals surface area contributed by atoms with E-state index in [1.807, 2.05) is 24.3 Å². The summed E-state index contributed by atoms with van der Waals surface area (Å²) in [5.74, 6) is -1.87. The van der Waals surface area contributed by atoms with Crippen molar-refractivity contribution in [2.24, 2.45) is 0 Å². The van der Waals surface area contributed by atoms with Gasteiger partial charge in [-0.2, -0.15) is 0 Å². The molecular formula is C26H23F2N5O3. The summed E-state index contributed by atoms with van der Waals surface area (Å²) in [6, 6.07) is 15.5. The molecular weight excluding hydrogens is 468 g/mol. The smallest absolute Gasteiger partial charge is 0.329 e. The number of piperazine rings is 1. The summed E-state index contributed by atoms with van der Waals surface area (Å²) >= 11 is 0. The van der Waals surface area contributed by atoms with Gasteiger partial charge in [-0.3, -0.25) is 19.1 Å². The number of benzene rings is 3. The molecule has 1 aromatic heterocycles. The largest absolute Gasteiger partial charge is 0.399 e. The molecule has 1 fully saturated rings. The zero-order valence-electron chi connectivity index (χ0n) is 19.2. The third-order valence-corrected chi connectivity index (χ3v) is 6.40. The van der Waals surface area contributed by atoms with Crippen molar-refractivity contribution >= 4 is 28.2 Å². The number of aromatic amines is 1. The van der Waals surface area contributed by atoms with E-state index in [2.05, 4.69) is 9.88 Å². The number of hydrogen-bond donors (Lipinski definition) is 2. The fraction of sp³-hybridized carbons (Fsp3) is 0.192. The van der Waals surface area contributed by atoms with Crippen LogP contribution in [-0.2, 0) is 6.54 Å². The van der Waals surface area contributed by atoms with E-state index in [4.69, 9.17) is 5.73 Å². The number of H-pyrrole nitrogens is 1. The molecule has 0 radical (unpaired) electrons. The van der Waals surface area contributed by atoms with Crippen LogP contribution in [0, 0.1) is 11.6 Å². The van der Waals surface area contributed by atoms with Crippen LogP contribution in [0.1, 0.15) is 15.9 Å². The van der Waals surface area contributed by atoms with Crippen LogP contribution in [0.4, 0.5) is 20.2 Å². The zero-order chi connectivity index (χ0) is 25.4. The summed E-state index contributed by atoms with van der Waals surface area (Å²) in [5.41, 5.74) is 6.33. The number of nitrogens with one attached hydrogen (secondary N) is 1. The molecule has 8 nitrogen and oxygen atoms in total. The molecule has 3 N–H and O–H groups in total. The number of carbonyl (C=O) groups excluding carboxylic acids is 1. The molecule has 3 aromatic carbocycles. The fourth-order valence-corrected chi connectivity index (χ4v) is 4.50. The van der Waals surface area contributed by atoms with Gasteiger partial charge in [0.1, 0.15) is 11.6 Å². The van der Waals surface area contributed by atoms with Gasteiger partial charge in [0.2, 0.25) is 0 Å². The lowest BCUT2D eigenvalue weighted by atomic mass is 10.1. The number of fused-ring (bicyclic) bond motifs is 1. The first kappa shape index (κ1) is 23.3. The van der Waals surface area contributed by atoms with Crippen molar-refractivity contribution in [1.82, 2.24) is 14.5 Å². The van der Waals surface area contributed by atoms with Gasteiger partial charge in [-0.05, 0) is 54.1 Å². The quantitative estimate of drug-likeness (QED) is 0.427. The molecule has 10 heteroatoms. The summed E-state index contributed by atoms with van der Waals surface area (Å²) < 4.78 is 30.1. The van der Waals surface area contributed by atoms with Crippen molar-refractivity contribution in [1.29, 1.82) is 0 Å². The van der Waals surface area contributed by atoms with Gasteiger partial charge in [0.05, 0.1) is 23.0 Å². The summed E-state index contributed by atoms with van der Waals surface area (Å²) in [4.78, 5) is 43.6. The second kappa shape index (κ2) is 9.29. The maximum atomic E-state index is 14.7. The second-order valence-electron chi connectivity index (χ2n) is 8.66. The van der Waals surface area contributed by atoms with Gasteiger partial charge in [-0.15, -0.1) is 0 Å². The van der Waals surface area contributed by atoms with Crippen molar-refractivity contribution in [3.8, 4) is 0 Å². The van der Waals surface area contributed by atoms with E-state index in [1.54, 1.807) is 4.90 Å². The van der Waals surface area contributed by atoms with Gasteiger partial charge in [0.25, 0.3) is 11.5 Å². The highest BCUT2D eigenvalue weighted by Crippen LogP contribution is 2.21. The topological polar surface area (TPSA) is 104 Å². The number of nitrogens with two attached hydrogens (primary N) is 1. The molecule has 0 spiro atoms. The highest BCUT2D eigenvalue weighted by molar-refractivity contribution is 5.95. The Bertz CT molecular complexity index is 1570. The molecule has 2 heterocycles. The Kier molecular flexibility index (Phi) is 6.01. The van der Waals surface area contributed by atoms with E-state index in [-0.39, 0.29) is 23.0 Å². The lowest BCUT2D eigenvalue weighted by Crippen LogP contribution is -2.49.